The summed E-state index contributed by atoms with van der Waals surface area (Å²) in [5.74, 6) is 0.792. The van der Waals surface area contributed by atoms with Gasteiger partial charge in [0.15, 0.2) is 0 Å². The van der Waals surface area contributed by atoms with Crippen molar-refractivity contribution >= 4 is 21.4 Å². The van der Waals surface area contributed by atoms with Crippen LogP contribution in [-0.2, 0) is 16.6 Å². The van der Waals surface area contributed by atoms with E-state index in [0.717, 1.165) is 11.3 Å². The van der Waals surface area contributed by atoms with Crippen LogP contribution in [0.4, 0.5) is 0 Å². The van der Waals surface area contributed by atoms with Gasteiger partial charge in [0.05, 0.1) is 6.61 Å². The molecule has 0 aliphatic carbocycles. The van der Waals surface area contributed by atoms with E-state index in [1.165, 1.54) is 15.6 Å². The summed E-state index contributed by atoms with van der Waals surface area (Å²) in [5, 5.41) is 1.76. The van der Waals surface area contributed by atoms with Gasteiger partial charge in [-0.3, -0.25) is 0 Å². The summed E-state index contributed by atoms with van der Waals surface area (Å²) in [4.78, 5) is 0. The Labute approximate surface area is 123 Å². The molecule has 2 rings (SSSR count). The van der Waals surface area contributed by atoms with Gasteiger partial charge in [0, 0.05) is 13.6 Å². The van der Waals surface area contributed by atoms with Gasteiger partial charge in [-0.1, -0.05) is 18.2 Å². The molecule has 2 aromatic rings. The number of rotatable bonds is 6. The third-order valence-corrected chi connectivity index (χ3v) is 5.98. The highest BCUT2D eigenvalue weighted by Gasteiger charge is 2.21. The quantitative estimate of drug-likeness (QED) is 0.824. The van der Waals surface area contributed by atoms with Gasteiger partial charge in [-0.2, -0.15) is 4.31 Å². The van der Waals surface area contributed by atoms with Crippen LogP contribution in [0.15, 0.2) is 46.0 Å². The lowest BCUT2D eigenvalue weighted by atomic mass is 10.2. The van der Waals surface area contributed by atoms with Crippen molar-refractivity contribution in [2.24, 2.45) is 0 Å². The zero-order chi connectivity index (χ0) is 14.6. The second kappa shape index (κ2) is 6.39. The van der Waals surface area contributed by atoms with E-state index in [-0.39, 0.29) is 0 Å². The fraction of sp³-hybridized carbons (Fsp3) is 0.286. The van der Waals surface area contributed by atoms with Crippen molar-refractivity contribution in [2.45, 2.75) is 17.7 Å². The highest BCUT2D eigenvalue weighted by molar-refractivity contribution is 7.91. The lowest BCUT2D eigenvalue weighted by Gasteiger charge is -2.16. The first-order valence-corrected chi connectivity index (χ1v) is 8.57. The zero-order valence-corrected chi connectivity index (χ0v) is 13.1. The first-order chi connectivity index (χ1) is 9.54. The molecule has 6 heteroatoms. The molecule has 0 aliphatic rings. The largest absolute Gasteiger partial charge is 0.494 e. The number of hydrogen-bond acceptors (Lipinski definition) is 4. The maximum absolute atomic E-state index is 12.3. The fourth-order valence-electron chi connectivity index (χ4n) is 1.76. The van der Waals surface area contributed by atoms with E-state index in [1.807, 2.05) is 31.2 Å². The lowest BCUT2D eigenvalue weighted by molar-refractivity contribution is 0.340. The second-order valence-electron chi connectivity index (χ2n) is 4.27. The molecule has 108 valence electrons. The Morgan fingerprint density at radius 3 is 2.45 bits per heavy atom. The number of ether oxygens (including phenoxy) is 1. The highest BCUT2D eigenvalue weighted by atomic mass is 32.2. The van der Waals surface area contributed by atoms with Crippen molar-refractivity contribution in [3.8, 4) is 5.75 Å². The van der Waals surface area contributed by atoms with Crippen molar-refractivity contribution in [3.05, 3.63) is 47.3 Å². The van der Waals surface area contributed by atoms with Gasteiger partial charge in [0.2, 0.25) is 0 Å². The van der Waals surface area contributed by atoms with E-state index < -0.39 is 10.0 Å². The molecule has 0 unspecified atom stereocenters. The first-order valence-electron chi connectivity index (χ1n) is 6.25. The lowest BCUT2D eigenvalue weighted by Crippen LogP contribution is -2.25. The molecule has 0 saturated carbocycles. The smallest absolute Gasteiger partial charge is 0.252 e. The van der Waals surface area contributed by atoms with Crippen LogP contribution in [-0.4, -0.2) is 26.4 Å². The Kier molecular flexibility index (Phi) is 4.80. The molecule has 0 N–H and O–H groups in total. The van der Waals surface area contributed by atoms with E-state index in [9.17, 15) is 8.42 Å². The molecule has 1 heterocycles. The zero-order valence-electron chi connectivity index (χ0n) is 11.4. The topological polar surface area (TPSA) is 46.6 Å². The van der Waals surface area contributed by atoms with Gasteiger partial charge >= 0.3 is 0 Å². The maximum atomic E-state index is 12.3. The van der Waals surface area contributed by atoms with Crippen LogP contribution in [0, 0.1) is 0 Å². The standard InChI is InChI=1S/C14H17NO3S2/c1-3-18-13-8-6-12(7-9-13)11-15(2)20(16,17)14-5-4-10-19-14/h4-10H,3,11H2,1-2H3. The minimum atomic E-state index is -3.39. The molecule has 4 nitrogen and oxygen atoms in total. The molecule has 1 aromatic carbocycles. The highest BCUT2D eigenvalue weighted by Crippen LogP contribution is 2.22. The van der Waals surface area contributed by atoms with Gasteiger partial charge < -0.3 is 4.74 Å². The van der Waals surface area contributed by atoms with E-state index in [0.29, 0.717) is 17.4 Å². The monoisotopic (exact) mass is 311 g/mol. The number of thiophene rings is 1. The van der Waals surface area contributed by atoms with E-state index in [1.54, 1.807) is 24.6 Å². The number of sulfonamides is 1. The van der Waals surface area contributed by atoms with Crippen LogP contribution >= 0.6 is 11.3 Å². The molecule has 0 amide bonds. The Morgan fingerprint density at radius 2 is 1.90 bits per heavy atom. The minimum absolute atomic E-state index is 0.340. The van der Waals surface area contributed by atoms with Crippen LogP contribution < -0.4 is 4.74 Å². The molecule has 0 aliphatic heterocycles. The molecular weight excluding hydrogens is 294 g/mol. The fourth-order valence-corrected chi connectivity index (χ4v) is 4.12. The third-order valence-electron chi connectivity index (χ3n) is 2.80. The van der Waals surface area contributed by atoms with Gasteiger partial charge in [-0.15, -0.1) is 11.3 Å². The Hall–Kier alpha value is -1.37. The van der Waals surface area contributed by atoms with E-state index in [2.05, 4.69) is 0 Å². The van der Waals surface area contributed by atoms with Crippen molar-refractivity contribution in [1.29, 1.82) is 0 Å². The minimum Gasteiger partial charge on any atom is -0.494 e. The second-order valence-corrected chi connectivity index (χ2v) is 7.49. The average molecular weight is 311 g/mol. The third kappa shape index (κ3) is 3.39. The van der Waals surface area contributed by atoms with E-state index >= 15 is 0 Å². The Balaban J connectivity index is 2.09. The molecule has 0 radical (unpaired) electrons. The number of hydrogen-bond donors (Lipinski definition) is 0. The summed E-state index contributed by atoms with van der Waals surface area (Å²) in [7, 11) is -1.80. The average Bonchev–Trinajstić information content (AvgIpc) is 2.96. The predicted molar refractivity (Wildman–Crippen MR) is 80.6 cm³/mol. The van der Waals surface area contributed by atoms with Crippen LogP contribution in [0.2, 0.25) is 0 Å². The number of nitrogens with zero attached hydrogens (tertiary/aromatic N) is 1. The first kappa shape index (κ1) is 15.0. The number of benzene rings is 1. The van der Waals surface area contributed by atoms with Crippen molar-refractivity contribution in [3.63, 3.8) is 0 Å². The molecule has 0 bridgehead atoms. The van der Waals surface area contributed by atoms with Gasteiger partial charge in [0.25, 0.3) is 10.0 Å². The Morgan fingerprint density at radius 1 is 1.20 bits per heavy atom. The molecular formula is C14H17NO3S2. The van der Waals surface area contributed by atoms with E-state index in [4.69, 9.17) is 4.74 Å². The summed E-state index contributed by atoms with van der Waals surface area (Å²) in [6.45, 7) is 2.88. The molecule has 0 saturated heterocycles. The van der Waals surface area contributed by atoms with Crippen molar-refractivity contribution < 1.29 is 13.2 Å². The summed E-state index contributed by atoms with van der Waals surface area (Å²) in [5.41, 5.74) is 0.927. The summed E-state index contributed by atoms with van der Waals surface area (Å²) in [6, 6.07) is 10.8. The van der Waals surface area contributed by atoms with Crippen LogP contribution in [0.1, 0.15) is 12.5 Å². The normalized spacial score (nSPS) is 11.8. The molecule has 0 fully saturated rings. The van der Waals surface area contributed by atoms with Crippen molar-refractivity contribution in [1.82, 2.24) is 4.31 Å². The van der Waals surface area contributed by atoms with Crippen LogP contribution in [0.3, 0.4) is 0 Å². The predicted octanol–water partition coefficient (Wildman–Crippen LogP) is 2.97. The molecule has 0 spiro atoms. The van der Waals surface area contributed by atoms with Gasteiger partial charge in [-0.25, -0.2) is 8.42 Å². The maximum Gasteiger partial charge on any atom is 0.252 e. The molecule has 20 heavy (non-hydrogen) atoms. The van der Waals surface area contributed by atoms with Crippen LogP contribution in [0.5, 0.6) is 5.75 Å². The van der Waals surface area contributed by atoms with Gasteiger partial charge in [-0.05, 0) is 36.1 Å². The molecule has 0 atom stereocenters. The summed E-state index contributed by atoms with van der Waals surface area (Å²) < 4.78 is 31.6. The Bertz CT molecular complexity index is 634. The van der Waals surface area contributed by atoms with Crippen LogP contribution in [0.25, 0.3) is 0 Å². The summed E-state index contributed by atoms with van der Waals surface area (Å²) >= 11 is 1.23. The molecule has 1 aromatic heterocycles. The van der Waals surface area contributed by atoms with Gasteiger partial charge in [0.1, 0.15) is 9.96 Å². The van der Waals surface area contributed by atoms with Crippen molar-refractivity contribution in [2.75, 3.05) is 13.7 Å². The summed E-state index contributed by atoms with van der Waals surface area (Å²) in [6.07, 6.45) is 0. The SMILES string of the molecule is CCOc1ccc(CN(C)S(=O)(=O)c2cccs2)cc1.